The number of carbonyl (C=O) groups excluding carboxylic acids is 1. The van der Waals surface area contributed by atoms with Crippen LogP contribution in [0.5, 0.6) is 0 Å². The van der Waals surface area contributed by atoms with Crippen LogP contribution in [-0.4, -0.2) is 52.2 Å². The third-order valence-corrected chi connectivity index (χ3v) is 4.74. The van der Waals surface area contributed by atoms with Crippen molar-refractivity contribution in [1.82, 2.24) is 25.3 Å². The van der Waals surface area contributed by atoms with Crippen LogP contribution < -0.4 is 5.32 Å². The number of carbonyl (C=O) groups is 1. The van der Waals surface area contributed by atoms with Crippen molar-refractivity contribution in [3.8, 4) is 0 Å². The number of thiazole rings is 1. The van der Waals surface area contributed by atoms with Gasteiger partial charge in [-0.25, -0.2) is 9.78 Å². The van der Waals surface area contributed by atoms with Gasteiger partial charge in [0.05, 0.1) is 18.8 Å². The number of hydrogen-bond acceptors (Lipinski definition) is 6. The Morgan fingerprint density at radius 3 is 2.70 bits per heavy atom. The first-order valence-corrected chi connectivity index (χ1v) is 8.56. The summed E-state index contributed by atoms with van der Waals surface area (Å²) in [5.41, 5.74) is 1.89. The fourth-order valence-electron chi connectivity index (χ4n) is 2.57. The maximum Gasteiger partial charge on any atom is 0.317 e. The van der Waals surface area contributed by atoms with E-state index in [1.807, 2.05) is 30.2 Å². The summed E-state index contributed by atoms with van der Waals surface area (Å²) in [5.74, 6) is 0.875. The molecule has 1 aliphatic heterocycles. The number of piperazine rings is 1. The summed E-state index contributed by atoms with van der Waals surface area (Å²) in [6.45, 7) is 8.22. The van der Waals surface area contributed by atoms with E-state index in [0.29, 0.717) is 6.54 Å². The normalized spacial score (nSPS) is 15.8. The van der Waals surface area contributed by atoms with Gasteiger partial charge in [0.1, 0.15) is 5.01 Å². The summed E-state index contributed by atoms with van der Waals surface area (Å²) in [6.07, 6.45) is 0. The quantitative estimate of drug-likeness (QED) is 0.922. The number of aromatic nitrogens is 2. The van der Waals surface area contributed by atoms with E-state index < -0.39 is 0 Å². The molecule has 0 bridgehead atoms. The lowest BCUT2D eigenvalue weighted by atomic mass is 10.3. The van der Waals surface area contributed by atoms with Crippen LogP contribution in [0.15, 0.2) is 16.0 Å². The Kier molecular flexibility index (Phi) is 4.92. The summed E-state index contributed by atoms with van der Waals surface area (Å²) in [4.78, 5) is 20.7. The standard InChI is InChI=1S/C15H21N5O2S/c1-11-7-13(22-18-11)9-19-3-5-20(6-4-19)15(21)16-8-14-17-12(2)10-23-14/h7,10H,3-6,8-9H2,1-2H3,(H,16,21). The Hall–Kier alpha value is -1.93. The van der Waals surface area contributed by atoms with Gasteiger partial charge in [-0.05, 0) is 13.8 Å². The second-order valence-electron chi connectivity index (χ2n) is 5.74. The fraction of sp³-hybridized carbons (Fsp3) is 0.533. The van der Waals surface area contributed by atoms with E-state index in [1.54, 1.807) is 11.3 Å². The van der Waals surface area contributed by atoms with Crippen molar-refractivity contribution in [2.75, 3.05) is 26.2 Å². The van der Waals surface area contributed by atoms with Gasteiger partial charge in [-0.1, -0.05) is 5.16 Å². The molecule has 1 fully saturated rings. The predicted molar refractivity (Wildman–Crippen MR) is 87.2 cm³/mol. The summed E-state index contributed by atoms with van der Waals surface area (Å²) < 4.78 is 5.24. The minimum absolute atomic E-state index is 0.0204. The maximum atomic E-state index is 12.2. The highest BCUT2D eigenvalue weighted by Gasteiger charge is 2.21. The zero-order chi connectivity index (χ0) is 16.2. The Balaban J connectivity index is 1.42. The smallest absolute Gasteiger partial charge is 0.317 e. The van der Waals surface area contributed by atoms with Crippen LogP contribution in [0.4, 0.5) is 4.79 Å². The lowest BCUT2D eigenvalue weighted by Crippen LogP contribution is -2.51. The van der Waals surface area contributed by atoms with Crippen LogP contribution in [-0.2, 0) is 13.1 Å². The summed E-state index contributed by atoms with van der Waals surface area (Å²) in [6, 6.07) is 1.93. The van der Waals surface area contributed by atoms with Crippen molar-refractivity contribution >= 4 is 17.4 Å². The molecule has 1 aliphatic rings. The van der Waals surface area contributed by atoms with Gasteiger partial charge in [0, 0.05) is 43.3 Å². The van der Waals surface area contributed by atoms with Gasteiger partial charge in [-0.2, -0.15) is 0 Å². The van der Waals surface area contributed by atoms with Crippen LogP contribution >= 0.6 is 11.3 Å². The molecule has 1 saturated heterocycles. The zero-order valence-corrected chi connectivity index (χ0v) is 14.2. The molecule has 0 unspecified atom stereocenters. The Morgan fingerprint density at radius 1 is 1.30 bits per heavy atom. The third kappa shape index (κ3) is 4.29. The highest BCUT2D eigenvalue weighted by atomic mass is 32.1. The predicted octanol–water partition coefficient (Wildman–Crippen LogP) is 1.78. The van der Waals surface area contributed by atoms with Gasteiger partial charge in [0.25, 0.3) is 0 Å². The van der Waals surface area contributed by atoms with Crippen LogP contribution in [0, 0.1) is 13.8 Å². The van der Waals surface area contributed by atoms with Crippen LogP contribution in [0.2, 0.25) is 0 Å². The van der Waals surface area contributed by atoms with Gasteiger partial charge in [-0.15, -0.1) is 11.3 Å². The average Bonchev–Trinajstić information content (AvgIpc) is 3.14. The third-order valence-electron chi connectivity index (χ3n) is 3.77. The maximum absolute atomic E-state index is 12.2. The molecule has 0 aliphatic carbocycles. The first-order chi connectivity index (χ1) is 11.1. The highest BCUT2D eigenvalue weighted by Crippen LogP contribution is 2.11. The number of aryl methyl sites for hydroxylation is 2. The molecular formula is C15H21N5O2S. The number of urea groups is 1. The van der Waals surface area contributed by atoms with Crippen LogP contribution in [0.1, 0.15) is 22.2 Å². The second-order valence-corrected chi connectivity index (χ2v) is 6.68. The Labute approximate surface area is 139 Å². The summed E-state index contributed by atoms with van der Waals surface area (Å²) in [5, 5.41) is 9.77. The van der Waals surface area contributed by atoms with E-state index >= 15 is 0 Å². The molecule has 0 radical (unpaired) electrons. The molecule has 2 aromatic rings. The Bertz CT molecular complexity index is 660. The van der Waals surface area contributed by atoms with E-state index in [4.69, 9.17) is 4.52 Å². The fourth-order valence-corrected chi connectivity index (χ4v) is 3.28. The second kappa shape index (κ2) is 7.10. The molecule has 2 amide bonds. The molecule has 8 heteroatoms. The molecular weight excluding hydrogens is 314 g/mol. The molecule has 3 heterocycles. The minimum Gasteiger partial charge on any atom is -0.360 e. The highest BCUT2D eigenvalue weighted by molar-refractivity contribution is 7.09. The van der Waals surface area contributed by atoms with Crippen molar-refractivity contribution in [1.29, 1.82) is 0 Å². The van der Waals surface area contributed by atoms with Crippen molar-refractivity contribution in [2.24, 2.45) is 0 Å². The van der Waals surface area contributed by atoms with Gasteiger partial charge in [0.2, 0.25) is 0 Å². The van der Waals surface area contributed by atoms with Gasteiger partial charge >= 0.3 is 6.03 Å². The van der Waals surface area contributed by atoms with Gasteiger partial charge in [0.15, 0.2) is 5.76 Å². The van der Waals surface area contributed by atoms with E-state index in [0.717, 1.165) is 54.9 Å². The number of amides is 2. The van der Waals surface area contributed by atoms with E-state index in [9.17, 15) is 4.79 Å². The molecule has 0 saturated carbocycles. The van der Waals surface area contributed by atoms with Crippen molar-refractivity contribution in [3.05, 3.63) is 33.6 Å². The van der Waals surface area contributed by atoms with Crippen molar-refractivity contribution in [3.63, 3.8) is 0 Å². The molecule has 124 valence electrons. The number of nitrogens with zero attached hydrogens (tertiary/aromatic N) is 4. The van der Waals surface area contributed by atoms with E-state index in [1.165, 1.54) is 0 Å². The number of rotatable bonds is 4. The molecule has 2 aromatic heterocycles. The lowest BCUT2D eigenvalue weighted by Gasteiger charge is -2.34. The zero-order valence-electron chi connectivity index (χ0n) is 13.4. The SMILES string of the molecule is Cc1cc(CN2CCN(C(=O)NCc3nc(C)cs3)CC2)on1. The Morgan fingerprint density at radius 2 is 2.09 bits per heavy atom. The first kappa shape index (κ1) is 15.9. The summed E-state index contributed by atoms with van der Waals surface area (Å²) in [7, 11) is 0. The topological polar surface area (TPSA) is 74.5 Å². The van der Waals surface area contributed by atoms with E-state index in [-0.39, 0.29) is 6.03 Å². The molecule has 3 rings (SSSR count). The van der Waals surface area contributed by atoms with Crippen LogP contribution in [0.3, 0.4) is 0 Å². The van der Waals surface area contributed by atoms with Crippen molar-refractivity contribution in [2.45, 2.75) is 26.9 Å². The number of hydrogen-bond donors (Lipinski definition) is 1. The minimum atomic E-state index is -0.0204. The molecule has 23 heavy (non-hydrogen) atoms. The molecule has 0 aromatic carbocycles. The number of nitrogens with one attached hydrogen (secondary N) is 1. The van der Waals surface area contributed by atoms with Crippen molar-refractivity contribution < 1.29 is 9.32 Å². The monoisotopic (exact) mass is 335 g/mol. The van der Waals surface area contributed by atoms with Gasteiger partial charge in [-0.3, -0.25) is 4.90 Å². The lowest BCUT2D eigenvalue weighted by molar-refractivity contribution is 0.127. The first-order valence-electron chi connectivity index (χ1n) is 7.68. The molecule has 1 N–H and O–H groups in total. The van der Waals surface area contributed by atoms with E-state index in [2.05, 4.69) is 20.4 Å². The average molecular weight is 335 g/mol. The summed E-state index contributed by atoms with van der Waals surface area (Å²) >= 11 is 1.57. The molecule has 0 spiro atoms. The molecule has 7 nitrogen and oxygen atoms in total. The molecule has 0 atom stereocenters. The van der Waals surface area contributed by atoms with Crippen LogP contribution in [0.25, 0.3) is 0 Å². The van der Waals surface area contributed by atoms with Gasteiger partial charge < -0.3 is 14.7 Å². The largest absolute Gasteiger partial charge is 0.360 e.